The van der Waals surface area contributed by atoms with E-state index in [0.29, 0.717) is 12.3 Å². The van der Waals surface area contributed by atoms with E-state index in [1.54, 1.807) is 11.7 Å². The molecule has 0 saturated carbocycles. The van der Waals surface area contributed by atoms with Gasteiger partial charge in [0.05, 0.1) is 11.7 Å². The van der Waals surface area contributed by atoms with Crippen LogP contribution in [0.3, 0.4) is 0 Å². The molecule has 0 radical (unpaired) electrons. The SMILES string of the molecule is CCCc1cc(C(=O)N[C@@H]2COc3ccccc3C2)n(C)n1. The Labute approximate surface area is 130 Å². The Balaban J connectivity index is 1.68. The molecular weight excluding hydrogens is 278 g/mol. The molecule has 22 heavy (non-hydrogen) atoms. The second-order valence-corrected chi connectivity index (χ2v) is 5.69. The van der Waals surface area contributed by atoms with Crippen molar-refractivity contribution in [3.05, 3.63) is 47.3 Å². The van der Waals surface area contributed by atoms with Gasteiger partial charge in [-0.25, -0.2) is 0 Å². The van der Waals surface area contributed by atoms with Gasteiger partial charge >= 0.3 is 0 Å². The Hall–Kier alpha value is -2.30. The van der Waals surface area contributed by atoms with Crippen LogP contribution in [0.4, 0.5) is 0 Å². The Bertz CT molecular complexity index is 678. The normalized spacial score (nSPS) is 16.7. The Kier molecular flexibility index (Phi) is 4.13. The monoisotopic (exact) mass is 299 g/mol. The number of aryl methyl sites for hydroxylation is 2. The second-order valence-electron chi connectivity index (χ2n) is 5.69. The molecule has 1 N–H and O–H groups in total. The summed E-state index contributed by atoms with van der Waals surface area (Å²) in [5, 5.41) is 7.42. The molecule has 5 nitrogen and oxygen atoms in total. The third-order valence-corrected chi connectivity index (χ3v) is 3.88. The number of fused-ring (bicyclic) bond motifs is 1. The van der Waals surface area contributed by atoms with Crippen LogP contribution in [0.15, 0.2) is 30.3 Å². The van der Waals surface area contributed by atoms with Crippen molar-refractivity contribution in [1.82, 2.24) is 15.1 Å². The maximum atomic E-state index is 12.4. The summed E-state index contributed by atoms with van der Waals surface area (Å²) in [6, 6.07) is 9.82. The number of nitrogens with one attached hydrogen (secondary N) is 1. The zero-order valence-electron chi connectivity index (χ0n) is 13.0. The van der Waals surface area contributed by atoms with Crippen LogP contribution in [0.1, 0.15) is 35.1 Å². The van der Waals surface area contributed by atoms with Crippen molar-refractivity contribution < 1.29 is 9.53 Å². The van der Waals surface area contributed by atoms with E-state index in [4.69, 9.17) is 4.74 Å². The summed E-state index contributed by atoms with van der Waals surface area (Å²) in [5.74, 6) is 0.823. The van der Waals surface area contributed by atoms with Crippen molar-refractivity contribution >= 4 is 5.91 Å². The van der Waals surface area contributed by atoms with Crippen LogP contribution in [0.2, 0.25) is 0 Å². The zero-order chi connectivity index (χ0) is 15.5. The fourth-order valence-corrected chi connectivity index (χ4v) is 2.80. The minimum absolute atomic E-state index is 0.00748. The quantitative estimate of drug-likeness (QED) is 0.940. The number of benzene rings is 1. The van der Waals surface area contributed by atoms with E-state index in [1.165, 1.54) is 0 Å². The lowest BCUT2D eigenvalue weighted by Gasteiger charge is -2.25. The molecule has 1 aromatic heterocycles. The number of ether oxygens (including phenoxy) is 1. The van der Waals surface area contributed by atoms with E-state index >= 15 is 0 Å². The lowest BCUT2D eigenvalue weighted by atomic mass is 10.0. The van der Waals surface area contributed by atoms with Crippen molar-refractivity contribution in [3.8, 4) is 5.75 Å². The summed E-state index contributed by atoms with van der Waals surface area (Å²) in [5.41, 5.74) is 2.69. The van der Waals surface area contributed by atoms with E-state index in [2.05, 4.69) is 17.3 Å². The predicted molar refractivity (Wildman–Crippen MR) is 84.1 cm³/mol. The van der Waals surface area contributed by atoms with Gasteiger partial charge in [-0.05, 0) is 30.5 Å². The molecule has 1 aliphatic heterocycles. The fraction of sp³-hybridized carbons (Fsp3) is 0.412. The van der Waals surface area contributed by atoms with Gasteiger partial charge < -0.3 is 10.1 Å². The molecule has 2 heterocycles. The number of rotatable bonds is 4. The van der Waals surface area contributed by atoms with Crippen molar-refractivity contribution in [3.63, 3.8) is 0 Å². The summed E-state index contributed by atoms with van der Waals surface area (Å²) in [7, 11) is 1.81. The molecule has 1 atom stereocenters. The molecule has 1 aromatic carbocycles. The van der Waals surface area contributed by atoms with Gasteiger partial charge in [-0.1, -0.05) is 31.5 Å². The van der Waals surface area contributed by atoms with Crippen LogP contribution < -0.4 is 10.1 Å². The molecule has 116 valence electrons. The van der Waals surface area contributed by atoms with Crippen LogP contribution in [-0.4, -0.2) is 28.3 Å². The number of hydrogen-bond acceptors (Lipinski definition) is 3. The lowest BCUT2D eigenvalue weighted by Crippen LogP contribution is -2.43. The highest BCUT2D eigenvalue weighted by molar-refractivity contribution is 5.92. The highest BCUT2D eigenvalue weighted by Crippen LogP contribution is 2.24. The first-order valence-electron chi connectivity index (χ1n) is 7.72. The van der Waals surface area contributed by atoms with Crippen molar-refractivity contribution in [1.29, 1.82) is 0 Å². The number of para-hydroxylation sites is 1. The molecule has 3 rings (SSSR count). The molecule has 0 spiro atoms. The largest absolute Gasteiger partial charge is 0.491 e. The van der Waals surface area contributed by atoms with Crippen LogP contribution in [0, 0.1) is 0 Å². The molecular formula is C17H21N3O2. The molecule has 0 aliphatic carbocycles. The highest BCUT2D eigenvalue weighted by Gasteiger charge is 2.23. The lowest BCUT2D eigenvalue weighted by molar-refractivity contribution is 0.0906. The summed E-state index contributed by atoms with van der Waals surface area (Å²) in [6.45, 7) is 2.60. The Morgan fingerprint density at radius 3 is 3.09 bits per heavy atom. The third-order valence-electron chi connectivity index (χ3n) is 3.88. The van der Waals surface area contributed by atoms with Crippen molar-refractivity contribution in [2.45, 2.75) is 32.2 Å². The number of nitrogens with zero attached hydrogens (tertiary/aromatic N) is 2. The van der Waals surface area contributed by atoms with Crippen molar-refractivity contribution in [2.75, 3.05) is 6.61 Å². The van der Waals surface area contributed by atoms with E-state index < -0.39 is 0 Å². The maximum Gasteiger partial charge on any atom is 0.269 e. The van der Waals surface area contributed by atoms with Crippen molar-refractivity contribution in [2.24, 2.45) is 7.05 Å². The fourth-order valence-electron chi connectivity index (χ4n) is 2.80. The first kappa shape index (κ1) is 14.6. The minimum atomic E-state index is -0.0923. The average molecular weight is 299 g/mol. The molecule has 0 fully saturated rings. The first-order chi connectivity index (χ1) is 10.7. The second kappa shape index (κ2) is 6.22. The molecule has 0 bridgehead atoms. The predicted octanol–water partition coefficient (Wildman–Crippen LogP) is 2.11. The first-order valence-corrected chi connectivity index (χ1v) is 7.72. The summed E-state index contributed by atoms with van der Waals surface area (Å²) in [6.07, 6.45) is 2.70. The topological polar surface area (TPSA) is 56.1 Å². The maximum absolute atomic E-state index is 12.4. The van der Waals surface area contributed by atoms with E-state index in [0.717, 1.165) is 36.3 Å². The Morgan fingerprint density at radius 2 is 2.27 bits per heavy atom. The van der Waals surface area contributed by atoms with Gasteiger partial charge in [0.15, 0.2) is 0 Å². The summed E-state index contributed by atoms with van der Waals surface area (Å²) in [4.78, 5) is 12.4. The number of carbonyl (C=O) groups is 1. The highest BCUT2D eigenvalue weighted by atomic mass is 16.5. The summed E-state index contributed by atoms with van der Waals surface area (Å²) < 4.78 is 7.36. The van der Waals surface area contributed by atoms with Crippen LogP contribution in [-0.2, 0) is 19.9 Å². The van der Waals surface area contributed by atoms with Crippen LogP contribution in [0.25, 0.3) is 0 Å². The average Bonchev–Trinajstić information content (AvgIpc) is 2.88. The summed E-state index contributed by atoms with van der Waals surface area (Å²) >= 11 is 0. The Morgan fingerprint density at radius 1 is 1.45 bits per heavy atom. The van der Waals surface area contributed by atoms with E-state index in [1.807, 2.05) is 30.3 Å². The van der Waals surface area contributed by atoms with Gasteiger partial charge in [-0.15, -0.1) is 0 Å². The molecule has 0 saturated heterocycles. The number of hydrogen-bond donors (Lipinski definition) is 1. The van der Waals surface area contributed by atoms with Gasteiger partial charge in [-0.3, -0.25) is 9.48 Å². The van der Waals surface area contributed by atoms with Gasteiger partial charge in [-0.2, -0.15) is 5.10 Å². The molecule has 1 amide bonds. The van der Waals surface area contributed by atoms with Gasteiger partial charge in [0, 0.05) is 7.05 Å². The molecule has 0 unspecified atom stereocenters. The van der Waals surface area contributed by atoms with Gasteiger partial charge in [0.1, 0.15) is 18.1 Å². The molecule has 2 aromatic rings. The standard InChI is InChI=1S/C17H21N3O2/c1-3-6-13-10-15(20(2)19-13)17(21)18-14-9-12-7-4-5-8-16(12)22-11-14/h4-5,7-8,10,14H,3,6,9,11H2,1-2H3,(H,18,21)/t14-/m0/s1. The van der Waals surface area contributed by atoms with E-state index in [-0.39, 0.29) is 11.9 Å². The van der Waals surface area contributed by atoms with Gasteiger partial charge in [0.25, 0.3) is 5.91 Å². The smallest absolute Gasteiger partial charge is 0.269 e. The zero-order valence-corrected chi connectivity index (χ0v) is 13.0. The number of carbonyl (C=O) groups excluding carboxylic acids is 1. The molecule has 5 heteroatoms. The van der Waals surface area contributed by atoms with Crippen LogP contribution >= 0.6 is 0 Å². The van der Waals surface area contributed by atoms with E-state index in [9.17, 15) is 4.79 Å². The molecule has 1 aliphatic rings. The number of aromatic nitrogens is 2. The van der Waals surface area contributed by atoms with Gasteiger partial charge in [0.2, 0.25) is 0 Å². The third kappa shape index (κ3) is 2.98. The number of amides is 1. The minimum Gasteiger partial charge on any atom is -0.491 e. The van der Waals surface area contributed by atoms with Crippen LogP contribution in [0.5, 0.6) is 5.75 Å².